The fourth-order valence-electron chi connectivity index (χ4n) is 5.57. The molecule has 59 heavy (non-hydrogen) atoms. The highest BCUT2D eigenvalue weighted by Gasteiger charge is 2.11. The Balaban J connectivity index is 0.000000211. The molecule has 0 heterocycles. The number of methoxy groups -OCH3 is 1. The summed E-state index contributed by atoms with van der Waals surface area (Å²) < 4.78 is 14.8. The first-order valence-electron chi connectivity index (χ1n) is 18.7. The second-order valence-corrected chi connectivity index (χ2v) is 13.6. The molecule has 3 N–H and O–H groups in total. The van der Waals surface area contributed by atoms with Crippen LogP contribution in [-0.4, -0.2) is 42.4 Å². The predicted molar refractivity (Wildman–Crippen MR) is 231 cm³/mol. The largest absolute Gasteiger partial charge is 0.497 e. The van der Waals surface area contributed by atoms with Crippen molar-refractivity contribution in [2.45, 2.75) is 60.8 Å². The number of hydrogen-bond donors (Lipinski definition) is 2. The normalized spacial score (nSPS) is 10.5. The van der Waals surface area contributed by atoms with Crippen molar-refractivity contribution in [1.82, 2.24) is 0 Å². The van der Waals surface area contributed by atoms with E-state index in [0.29, 0.717) is 17.9 Å². The molecular weight excluding hydrogens is 749 g/mol. The Morgan fingerprint density at radius 3 is 1.78 bits per heavy atom. The van der Waals surface area contributed by atoms with E-state index in [-0.39, 0.29) is 40.7 Å². The highest BCUT2D eigenvalue weighted by Crippen LogP contribution is 2.24. The summed E-state index contributed by atoms with van der Waals surface area (Å²) in [5.74, 6) is 0.319. The van der Waals surface area contributed by atoms with Gasteiger partial charge in [-0.05, 0) is 102 Å². The monoisotopic (exact) mass is 798 g/mol. The number of carbonyl (C=O) groups excluding carboxylic acids is 6. The number of nitrogens with one attached hydrogen (secondary N) is 1. The molecule has 0 bridgehead atoms. The van der Waals surface area contributed by atoms with Gasteiger partial charge in [0, 0.05) is 38.8 Å². The fourth-order valence-corrected chi connectivity index (χ4v) is 5.57. The molecule has 1 atom stereocenters. The van der Waals surface area contributed by atoms with Crippen molar-refractivity contribution >= 4 is 62.6 Å². The third-order valence-electron chi connectivity index (χ3n) is 8.54. The summed E-state index contributed by atoms with van der Waals surface area (Å²) >= 11 is 0. The Morgan fingerprint density at radius 2 is 1.19 bits per heavy atom. The van der Waals surface area contributed by atoms with Crippen LogP contribution in [0.2, 0.25) is 0 Å². The van der Waals surface area contributed by atoms with Crippen LogP contribution in [0.5, 0.6) is 17.2 Å². The molecule has 0 saturated carbocycles. The smallest absolute Gasteiger partial charge is 0.308 e. The molecule has 6 aromatic carbocycles. The Hall–Kier alpha value is -7.14. The standard InChI is InChI=1S/C15H16O.C14H14O2.C10H11NO3.C9H9NO3/c1-10-4-5-15-9-13(11(2)12(3)16)6-7-14(15)8-10;1-10(15)7-11-3-4-13-9-14(16-2)6-5-12(13)8-11;1-7(12)11-9-3-5-10(6-4-9)14-8(2)13;1-6(11)13-8-5-3-2-4-7(8)9(10)12/h4-9,11H,1-3H3;3-6,8-9H,7H2,1-2H3;3-6H,1-2H3,(H,11,12);2-5H,1H3,(H2,10,12). The van der Waals surface area contributed by atoms with Crippen LogP contribution in [0.4, 0.5) is 5.69 Å². The Bertz CT molecular complexity index is 2400. The average Bonchev–Trinajstić information content (AvgIpc) is 3.18. The van der Waals surface area contributed by atoms with Crippen LogP contribution in [0, 0.1) is 6.92 Å². The number of esters is 2. The molecule has 0 aliphatic rings. The number of anilines is 1. The molecule has 0 spiro atoms. The molecule has 0 aromatic heterocycles. The van der Waals surface area contributed by atoms with Gasteiger partial charge in [0.25, 0.3) is 5.91 Å². The number of para-hydroxylation sites is 1. The molecule has 0 fully saturated rings. The van der Waals surface area contributed by atoms with Gasteiger partial charge in [0.1, 0.15) is 28.8 Å². The number of carbonyl (C=O) groups is 6. The molecule has 6 aromatic rings. The van der Waals surface area contributed by atoms with E-state index in [0.717, 1.165) is 27.6 Å². The summed E-state index contributed by atoms with van der Waals surface area (Å²) in [6.07, 6.45) is 0.502. The minimum absolute atomic E-state index is 0.00861. The quantitative estimate of drug-likeness (QED) is 0.107. The number of aryl methyl sites for hydroxylation is 1. The minimum Gasteiger partial charge on any atom is -0.497 e. The van der Waals surface area contributed by atoms with Gasteiger partial charge in [0.05, 0.1) is 12.7 Å². The Kier molecular flexibility index (Phi) is 17.7. The molecule has 11 nitrogen and oxygen atoms in total. The second kappa shape index (κ2) is 22.6. The highest BCUT2D eigenvalue weighted by molar-refractivity contribution is 5.96. The van der Waals surface area contributed by atoms with Crippen LogP contribution < -0.4 is 25.3 Å². The van der Waals surface area contributed by atoms with Crippen molar-refractivity contribution in [1.29, 1.82) is 0 Å². The average molecular weight is 799 g/mol. The van der Waals surface area contributed by atoms with E-state index in [9.17, 15) is 28.8 Å². The van der Waals surface area contributed by atoms with Gasteiger partial charge in [0.2, 0.25) is 5.91 Å². The lowest BCUT2D eigenvalue weighted by Crippen LogP contribution is -2.14. The summed E-state index contributed by atoms with van der Waals surface area (Å²) in [5.41, 5.74) is 9.37. The summed E-state index contributed by atoms with van der Waals surface area (Å²) in [7, 11) is 1.66. The first-order valence-corrected chi connectivity index (χ1v) is 18.7. The van der Waals surface area contributed by atoms with E-state index >= 15 is 0 Å². The summed E-state index contributed by atoms with van der Waals surface area (Å²) in [4.78, 5) is 65.1. The van der Waals surface area contributed by atoms with Crippen molar-refractivity contribution in [3.63, 3.8) is 0 Å². The maximum Gasteiger partial charge on any atom is 0.308 e. The molecular formula is C48H50N2O9. The van der Waals surface area contributed by atoms with E-state index in [1.54, 1.807) is 57.4 Å². The number of benzene rings is 6. The maximum absolute atomic E-state index is 11.3. The van der Waals surface area contributed by atoms with Crippen LogP contribution in [0.1, 0.15) is 74.5 Å². The molecule has 2 amide bonds. The third kappa shape index (κ3) is 15.7. The lowest BCUT2D eigenvalue weighted by Gasteiger charge is -2.09. The van der Waals surface area contributed by atoms with Crippen LogP contribution in [0.25, 0.3) is 21.5 Å². The summed E-state index contributed by atoms with van der Waals surface area (Å²) in [6, 6.07) is 37.5. The van der Waals surface area contributed by atoms with Gasteiger partial charge in [-0.15, -0.1) is 0 Å². The van der Waals surface area contributed by atoms with E-state index in [2.05, 4.69) is 48.6 Å². The van der Waals surface area contributed by atoms with Crippen molar-refractivity contribution in [3.8, 4) is 17.2 Å². The van der Waals surface area contributed by atoms with Gasteiger partial charge in [-0.3, -0.25) is 28.8 Å². The number of amides is 2. The number of Topliss-reactive ketones (excluding diaryl/α,β-unsaturated/α-hetero) is 2. The third-order valence-corrected chi connectivity index (χ3v) is 8.54. The van der Waals surface area contributed by atoms with Gasteiger partial charge in [-0.2, -0.15) is 0 Å². The number of fused-ring (bicyclic) bond motifs is 2. The van der Waals surface area contributed by atoms with E-state index < -0.39 is 11.9 Å². The first kappa shape index (κ1) is 46.2. The Labute approximate surface area is 344 Å². The van der Waals surface area contributed by atoms with E-state index in [1.165, 1.54) is 49.2 Å². The van der Waals surface area contributed by atoms with Crippen LogP contribution in [0.3, 0.4) is 0 Å². The first-order chi connectivity index (χ1) is 27.9. The number of hydrogen-bond acceptors (Lipinski definition) is 9. The lowest BCUT2D eigenvalue weighted by molar-refractivity contribution is -0.132. The van der Waals surface area contributed by atoms with Gasteiger partial charge in [0.15, 0.2) is 0 Å². The number of nitrogens with two attached hydrogens (primary N) is 1. The predicted octanol–water partition coefficient (Wildman–Crippen LogP) is 9.10. The van der Waals surface area contributed by atoms with E-state index in [1.807, 2.05) is 43.3 Å². The number of rotatable bonds is 9. The molecule has 306 valence electrons. The Morgan fingerprint density at radius 1 is 0.627 bits per heavy atom. The second-order valence-electron chi connectivity index (χ2n) is 13.6. The SMILES string of the molecule is CC(=O)C(C)c1ccc2cc(C)ccc2c1.CC(=O)Nc1ccc(OC(C)=O)cc1.CC(=O)Oc1ccccc1C(N)=O.COc1ccc2cc(CC(C)=O)ccc2c1. The maximum atomic E-state index is 11.3. The van der Waals surface area contributed by atoms with E-state index in [4.69, 9.17) is 19.9 Å². The molecule has 1 unspecified atom stereocenters. The van der Waals surface area contributed by atoms with Gasteiger partial charge < -0.3 is 25.3 Å². The van der Waals surface area contributed by atoms with Crippen LogP contribution in [0.15, 0.2) is 121 Å². The zero-order valence-electron chi connectivity index (χ0n) is 34.6. The zero-order chi connectivity index (χ0) is 43.6. The summed E-state index contributed by atoms with van der Waals surface area (Å²) in [6.45, 7) is 11.3. The molecule has 0 aliphatic heterocycles. The number of ketones is 2. The molecule has 6 rings (SSSR count). The van der Waals surface area contributed by atoms with Gasteiger partial charge in [-0.1, -0.05) is 85.3 Å². The summed E-state index contributed by atoms with van der Waals surface area (Å²) in [5, 5.41) is 7.32. The fraction of sp³-hybridized carbons (Fsp3) is 0.208. The van der Waals surface area contributed by atoms with Crippen molar-refractivity contribution in [2.24, 2.45) is 5.73 Å². The lowest BCUT2D eigenvalue weighted by atomic mass is 9.95. The van der Waals surface area contributed by atoms with Gasteiger partial charge in [-0.25, -0.2) is 0 Å². The van der Waals surface area contributed by atoms with Crippen LogP contribution in [-0.2, 0) is 30.4 Å². The van der Waals surface area contributed by atoms with Crippen molar-refractivity contribution < 1.29 is 43.0 Å². The zero-order valence-corrected chi connectivity index (χ0v) is 34.6. The molecule has 0 aliphatic carbocycles. The minimum atomic E-state index is -0.614. The number of ether oxygens (including phenoxy) is 3. The van der Waals surface area contributed by atoms with Gasteiger partial charge >= 0.3 is 11.9 Å². The van der Waals surface area contributed by atoms with Crippen molar-refractivity contribution in [2.75, 3.05) is 12.4 Å². The number of primary amides is 1. The molecule has 0 saturated heterocycles. The molecule has 11 heteroatoms. The molecule has 0 radical (unpaired) electrons. The van der Waals surface area contributed by atoms with Crippen LogP contribution >= 0.6 is 0 Å². The topological polar surface area (TPSA) is 168 Å². The highest BCUT2D eigenvalue weighted by atomic mass is 16.5. The van der Waals surface area contributed by atoms with Crippen molar-refractivity contribution in [3.05, 3.63) is 144 Å².